The number of hydrogen-bond donors (Lipinski definition) is 2. The van der Waals surface area contributed by atoms with Crippen molar-refractivity contribution in [3.63, 3.8) is 0 Å². The van der Waals surface area contributed by atoms with Crippen LogP contribution < -0.4 is 5.73 Å². The molecule has 0 aliphatic heterocycles. The van der Waals surface area contributed by atoms with E-state index in [1.54, 1.807) is 5.57 Å². The third kappa shape index (κ3) is 4.04. The summed E-state index contributed by atoms with van der Waals surface area (Å²) in [6.45, 7) is 14.8. The van der Waals surface area contributed by atoms with Crippen molar-refractivity contribution in [3.8, 4) is 0 Å². The average Bonchev–Trinajstić information content (AvgIpc) is 3.10. The Morgan fingerprint density at radius 3 is 2.50 bits per heavy atom. The van der Waals surface area contributed by atoms with Crippen molar-refractivity contribution < 1.29 is 5.11 Å². The first-order valence-corrected chi connectivity index (χ1v) is 14.3. The summed E-state index contributed by atoms with van der Waals surface area (Å²) in [5.74, 6) is 5.55. The third-order valence-electron chi connectivity index (χ3n) is 11.5. The molecule has 3 fully saturated rings. The molecule has 2 heteroatoms. The van der Waals surface area contributed by atoms with E-state index in [0.29, 0.717) is 11.3 Å². The van der Waals surface area contributed by atoms with Gasteiger partial charge in [0, 0.05) is 6.04 Å². The molecule has 0 bridgehead atoms. The first-order chi connectivity index (χ1) is 15.1. The van der Waals surface area contributed by atoms with Gasteiger partial charge in [0.2, 0.25) is 0 Å². The molecular formula is C30H53NO. The molecule has 0 aromatic carbocycles. The van der Waals surface area contributed by atoms with Crippen molar-refractivity contribution >= 4 is 0 Å². The van der Waals surface area contributed by atoms with Gasteiger partial charge in [0.1, 0.15) is 0 Å². The summed E-state index contributed by atoms with van der Waals surface area (Å²) in [4.78, 5) is 0. The van der Waals surface area contributed by atoms with Crippen molar-refractivity contribution in [2.75, 3.05) is 0 Å². The van der Waals surface area contributed by atoms with Gasteiger partial charge in [-0.15, -0.1) is 0 Å². The Balaban J connectivity index is 1.56. The van der Waals surface area contributed by atoms with Gasteiger partial charge < -0.3 is 10.8 Å². The summed E-state index contributed by atoms with van der Waals surface area (Å²) >= 11 is 0. The summed E-state index contributed by atoms with van der Waals surface area (Å²) in [6, 6.07) is 0.211. The molecule has 4 rings (SSSR count). The molecule has 0 spiro atoms. The van der Waals surface area contributed by atoms with Crippen LogP contribution in [0, 0.1) is 52.3 Å². The van der Waals surface area contributed by atoms with E-state index in [2.05, 4.69) is 47.6 Å². The van der Waals surface area contributed by atoms with E-state index in [4.69, 9.17) is 5.73 Å². The second kappa shape index (κ2) is 9.37. The van der Waals surface area contributed by atoms with Gasteiger partial charge in [0.05, 0.1) is 6.10 Å². The zero-order valence-corrected chi connectivity index (χ0v) is 22.1. The summed E-state index contributed by atoms with van der Waals surface area (Å²) < 4.78 is 0. The van der Waals surface area contributed by atoms with Gasteiger partial charge in [0.15, 0.2) is 0 Å². The minimum atomic E-state index is -0.190. The van der Waals surface area contributed by atoms with Gasteiger partial charge in [-0.1, -0.05) is 72.5 Å². The van der Waals surface area contributed by atoms with Crippen LogP contribution in [0.15, 0.2) is 11.6 Å². The predicted octanol–water partition coefficient (Wildman–Crippen LogP) is 7.35. The van der Waals surface area contributed by atoms with Crippen molar-refractivity contribution in [3.05, 3.63) is 11.6 Å². The maximum absolute atomic E-state index is 10.7. The predicted molar refractivity (Wildman–Crippen MR) is 136 cm³/mol. The fraction of sp³-hybridized carbons (Fsp3) is 0.933. The van der Waals surface area contributed by atoms with Crippen LogP contribution in [0.4, 0.5) is 0 Å². The Morgan fingerprint density at radius 2 is 1.81 bits per heavy atom. The Kier molecular flexibility index (Phi) is 7.25. The van der Waals surface area contributed by atoms with Crippen molar-refractivity contribution in [1.82, 2.24) is 0 Å². The lowest BCUT2D eigenvalue weighted by Gasteiger charge is -2.61. The molecule has 4 aliphatic rings. The van der Waals surface area contributed by atoms with Crippen LogP contribution in [0.1, 0.15) is 112 Å². The number of nitrogens with two attached hydrogens (primary N) is 1. The largest absolute Gasteiger partial charge is 0.393 e. The minimum absolute atomic E-state index is 0.190. The molecule has 0 aromatic rings. The van der Waals surface area contributed by atoms with Crippen LogP contribution in [-0.4, -0.2) is 17.3 Å². The van der Waals surface area contributed by atoms with Gasteiger partial charge in [-0.2, -0.15) is 0 Å². The lowest BCUT2D eigenvalue weighted by molar-refractivity contribution is -0.0839. The highest BCUT2D eigenvalue weighted by molar-refractivity contribution is 5.28. The topological polar surface area (TPSA) is 46.2 Å². The van der Waals surface area contributed by atoms with Gasteiger partial charge >= 0.3 is 0 Å². The Morgan fingerprint density at radius 1 is 1.06 bits per heavy atom. The number of hydrogen-bond acceptors (Lipinski definition) is 2. The van der Waals surface area contributed by atoms with Crippen LogP contribution in [0.2, 0.25) is 0 Å². The van der Waals surface area contributed by atoms with Crippen LogP contribution in [0.25, 0.3) is 0 Å². The molecule has 0 saturated heterocycles. The molecule has 4 aliphatic carbocycles. The average molecular weight is 444 g/mol. The highest BCUT2D eigenvalue weighted by Gasteiger charge is 2.61. The van der Waals surface area contributed by atoms with Gasteiger partial charge in [-0.05, 0) is 104 Å². The molecule has 2 unspecified atom stereocenters. The molecular weight excluding hydrogens is 390 g/mol. The van der Waals surface area contributed by atoms with Crippen LogP contribution in [-0.2, 0) is 0 Å². The molecule has 0 radical (unpaired) electrons. The Hall–Kier alpha value is -0.340. The highest BCUT2D eigenvalue weighted by atomic mass is 16.3. The maximum atomic E-state index is 10.7. The molecule has 32 heavy (non-hydrogen) atoms. The molecule has 0 amide bonds. The summed E-state index contributed by atoms with van der Waals surface area (Å²) in [5, 5.41) is 10.7. The quantitative estimate of drug-likeness (QED) is 0.404. The number of fused-ring (bicyclic) bond motifs is 5. The molecule has 2 nitrogen and oxygen atoms in total. The summed E-state index contributed by atoms with van der Waals surface area (Å²) in [6.07, 6.45) is 16.4. The van der Waals surface area contributed by atoms with E-state index in [1.807, 2.05) is 0 Å². The Labute approximate surface area is 199 Å². The van der Waals surface area contributed by atoms with E-state index < -0.39 is 0 Å². The maximum Gasteiger partial charge on any atom is 0.0581 e. The minimum Gasteiger partial charge on any atom is -0.393 e. The monoisotopic (exact) mass is 443 g/mol. The Bertz CT molecular complexity index is 684. The van der Waals surface area contributed by atoms with Crippen molar-refractivity contribution in [2.24, 2.45) is 58.0 Å². The van der Waals surface area contributed by atoms with Crippen LogP contribution in [0.5, 0.6) is 0 Å². The molecule has 10 atom stereocenters. The first-order valence-electron chi connectivity index (χ1n) is 14.3. The lowest BCUT2D eigenvalue weighted by atomic mass is 9.44. The molecule has 184 valence electrons. The molecule has 0 aromatic heterocycles. The molecule has 3 N–H and O–H groups in total. The molecule has 0 heterocycles. The van der Waals surface area contributed by atoms with E-state index in [9.17, 15) is 5.11 Å². The number of aliphatic hydroxyl groups excluding tert-OH is 1. The van der Waals surface area contributed by atoms with Gasteiger partial charge in [0.25, 0.3) is 0 Å². The van der Waals surface area contributed by atoms with Crippen molar-refractivity contribution in [2.45, 2.75) is 124 Å². The van der Waals surface area contributed by atoms with E-state index in [0.717, 1.165) is 54.8 Å². The third-order valence-corrected chi connectivity index (χ3v) is 11.5. The van der Waals surface area contributed by atoms with Crippen LogP contribution in [0.3, 0.4) is 0 Å². The second-order valence-electron chi connectivity index (χ2n) is 13.4. The fourth-order valence-corrected chi connectivity index (χ4v) is 9.72. The zero-order valence-electron chi connectivity index (χ0n) is 22.1. The number of aliphatic hydroxyl groups is 1. The highest BCUT2D eigenvalue weighted by Crippen LogP contribution is 2.68. The second-order valence-corrected chi connectivity index (χ2v) is 13.4. The standard InChI is InChI=1S/C30H53NO/c1-7-28(31)27-18-22(32)17-21-11-12-23-25-14-13-24(20(4)10-8-9-19(2)3)29(25,5)16-15-26(23)30(21,27)6/h11,19-20,22-28,32H,7-10,12-18,31H2,1-6H3/t20-,22-,23+,24-,25+,26+,27?,28?,29-,30+/m1/s1. The first kappa shape index (κ1) is 24.8. The smallest absolute Gasteiger partial charge is 0.0581 e. The van der Waals surface area contributed by atoms with E-state index >= 15 is 0 Å². The van der Waals surface area contributed by atoms with E-state index in [-0.39, 0.29) is 17.6 Å². The summed E-state index contributed by atoms with van der Waals surface area (Å²) in [5.41, 5.74) is 9.06. The summed E-state index contributed by atoms with van der Waals surface area (Å²) in [7, 11) is 0. The number of rotatable bonds is 7. The zero-order chi connectivity index (χ0) is 23.3. The fourth-order valence-electron chi connectivity index (χ4n) is 9.72. The number of allylic oxidation sites excluding steroid dienone is 1. The van der Waals surface area contributed by atoms with E-state index in [1.165, 1.54) is 51.4 Å². The van der Waals surface area contributed by atoms with Crippen LogP contribution >= 0.6 is 0 Å². The molecule has 3 saturated carbocycles. The lowest BCUT2D eigenvalue weighted by Crippen LogP contribution is -2.57. The van der Waals surface area contributed by atoms with Gasteiger partial charge in [-0.25, -0.2) is 0 Å². The van der Waals surface area contributed by atoms with Crippen molar-refractivity contribution in [1.29, 1.82) is 0 Å². The van der Waals surface area contributed by atoms with Gasteiger partial charge in [-0.3, -0.25) is 0 Å². The normalized spacial score (nSPS) is 45.6. The SMILES string of the molecule is CCC(N)C1C[C@H](O)CC2=CC[C@H]3[C@@H]4CC[C@H]([C@H](C)CCCC(C)C)[C@@]4(C)CC[C@@H]3[C@]21C.